The molecule has 1 aromatic heterocycles. The van der Waals surface area contributed by atoms with E-state index in [4.69, 9.17) is 4.74 Å². The third kappa shape index (κ3) is 2.59. The van der Waals surface area contributed by atoms with Crippen molar-refractivity contribution in [3.05, 3.63) is 48.2 Å². The number of aromatic amines is 1. The first-order valence-corrected chi connectivity index (χ1v) is 11.2. The smallest absolute Gasteiger partial charge is 0.230 e. The van der Waals surface area contributed by atoms with E-state index in [-0.39, 0.29) is 23.8 Å². The zero-order chi connectivity index (χ0) is 20.3. The molecule has 6 nitrogen and oxygen atoms in total. The second-order valence-electron chi connectivity index (χ2n) is 9.20. The number of carbonyl (C=O) groups is 2. The molecule has 1 spiro atoms. The van der Waals surface area contributed by atoms with Crippen LogP contribution in [0, 0.1) is 11.8 Å². The molecule has 2 bridgehead atoms. The van der Waals surface area contributed by atoms with Crippen molar-refractivity contribution in [2.75, 3.05) is 13.1 Å². The number of carbonyl (C=O) groups excluding carboxylic acids is 2. The summed E-state index contributed by atoms with van der Waals surface area (Å²) in [5, 5.41) is 4.28. The average Bonchev–Trinajstić information content (AvgIpc) is 3.56. The summed E-state index contributed by atoms with van der Waals surface area (Å²) in [6.07, 6.45) is 11.0. The molecule has 4 aliphatic rings. The van der Waals surface area contributed by atoms with Gasteiger partial charge in [-0.3, -0.25) is 9.59 Å². The maximum Gasteiger partial charge on any atom is 0.230 e. The number of nitrogens with one attached hydrogen (secondary N) is 2. The highest BCUT2D eigenvalue weighted by atomic mass is 16.5. The van der Waals surface area contributed by atoms with Crippen molar-refractivity contribution in [1.29, 1.82) is 0 Å². The van der Waals surface area contributed by atoms with Gasteiger partial charge in [0.1, 0.15) is 5.60 Å². The average molecular weight is 405 g/mol. The zero-order valence-electron chi connectivity index (χ0n) is 17.0. The van der Waals surface area contributed by atoms with Gasteiger partial charge in [-0.15, -0.1) is 0 Å². The lowest BCUT2D eigenvalue weighted by atomic mass is 9.77. The number of H-pyrrole nitrogens is 1. The van der Waals surface area contributed by atoms with Crippen LogP contribution in [-0.2, 0) is 20.7 Å². The van der Waals surface area contributed by atoms with Crippen LogP contribution in [0.25, 0.3) is 10.9 Å². The van der Waals surface area contributed by atoms with Crippen LogP contribution in [0.2, 0.25) is 0 Å². The minimum absolute atomic E-state index is 0.0577. The normalized spacial score (nSPS) is 32.5. The second-order valence-corrected chi connectivity index (χ2v) is 9.20. The Kier molecular flexibility index (Phi) is 4.07. The van der Waals surface area contributed by atoms with Gasteiger partial charge in [0.15, 0.2) is 0 Å². The van der Waals surface area contributed by atoms with Crippen LogP contribution in [0.15, 0.2) is 42.6 Å². The predicted octanol–water partition coefficient (Wildman–Crippen LogP) is 2.55. The van der Waals surface area contributed by atoms with Crippen molar-refractivity contribution in [2.24, 2.45) is 11.8 Å². The van der Waals surface area contributed by atoms with Crippen LogP contribution in [0.4, 0.5) is 0 Å². The van der Waals surface area contributed by atoms with E-state index in [9.17, 15) is 9.59 Å². The summed E-state index contributed by atoms with van der Waals surface area (Å²) in [7, 11) is 0. The van der Waals surface area contributed by atoms with E-state index >= 15 is 0 Å². The van der Waals surface area contributed by atoms with Crippen molar-refractivity contribution in [2.45, 2.75) is 49.9 Å². The highest BCUT2D eigenvalue weighted by Gasteiger charge is 2.67. The van der Waals surface area contributed by atoms with Crippen molar-refractivity contribution >= 4 is 22.7 Å². The lowest BCUT2D eigenvalue weighted by Crippen LogP contribution is -2.45. The molecule has 2 amide bonds. The Balaban J connectivity index is 1.15. The van der Waals surface area contributed by atoms with Gasteiger partial charge in [0.05, 0.1) is 24.5 Å². The van der Waals surface area contributed by atoms with Gasteiger partial charge in [-0.25, -0.2) is 0 Å². The molecule has 1 saturated carbocycles. The molecule has 30 heavy (non-hydrogen) atoms. The number of para-hydroxylation sites is 1. The molecule has 1 aliphatic carbocycles. The van der Waals surface area contributed by atoms with E-state index in [1.54, 1.807) is 0 Å². The highest BCUT2D eigenvalue weighted by molar-refractivity contribution is 5.93. The monoisotopic (exact) mass is 405 g/mol. The van der Waals surface area contributed by atoms with E-state index < -0.39 is 11.5 Å². The molecule has 3 aliphatic heterocycles. The number of hydrogen-bond donors (Lipinski definition) is 2. The van der Waals surface area contributed by atoms with Gasteiger partial charge in [0.2, 0.25) is 11.8 Å². The van der Waals surface area contributed by atoms with Gasteiger partial charge in [0.25, 0.3) is 0 Å². The second kappa shape index (κ2) is 6.71. The third-order valence-corrected chi connectivity index (χ3v) is 7.57. The first kappa shape index (κ1) is 18.2. The molecule has 6 heteroatoms. The van der Waals surface area contributed by atoms with Crippen LogP contribution >= 0.6 is 0 Å². The number of nitrogens with zero attached hydrogens (tertiary/aromatic N) is 1. The van der Waals surface area contributed by atoms with Crippen molar-refractivity contribution in [3.63, 3.8) is 0 Å². The van der Waals surface area contributed by atoms with E-state index in [1.807, 2.05) is 35.4 Å². The molecule has 2 N–H and O–H groups in total. The molecule has 3 fully saturated rings. The molecule has 156 valence electrons. The van der Waals surface area contributed by atoms with E-state index in [2.05, 4.69) is 22.4 Å². The minimum atomic E-state index is -0.594. The molecule has 4 heterocycles. The molecule has 6 rings (SSSR count). The van der Waals surface area contributed by atoms with Gasteiger partial charge in [0, 0.05) is 29.7 Å². The molecule has 4 atom stereocenters. The Morgan fingerprint density at radius 3 is 2.97 bits per heavy atom. The third-order valence-electron chi connectivity index (χ3n) is 7.57. The molecule has 2 saturated heterocycles. The Morgan fingerprint density at radius 2 is 2.10 bits per heavy atom. The summed E-state index contributed by atoms with van der Waals surface area (Å²) in [6, 6.07) is 8.50. The summed E-state index contributed by atoms with van der Waals surface area (Å²) >= 11 is 0. The van der Waals surface area contributed by atoms with Gasteiger partial charge >= 0.3 is 0 Å². The summed E-state index contributed by atoms with van der Waals surface area (Å²) in [6.45, 7) is 1.15. The van der Waals surface area contributed by atoms with E-state index in [1.165, 1.54) is 23.8 Å². The number of amides is 2. The molecule has 2 aromatic rings. The molecular formula is C24H27N3O3. The quantitative estimate of drug-likeness (QED) is 0.751. The molecule has 0 radical (unpaired) electrons. The summed E-state index contributed by atoms with van der Waals surface area (Å²) in [5.74, 6) is -0.735. The number of hydrogen-bond acceptors (Lipinski definition) is 3. The fourth-order valence-corrected chi connectivity index (χ4v) is 6.13. The van der Waals surface area contributed by atoms with Crippen LogP contribution in [0.3, 0.4) is 0 Å². The standard InChI is InChI=1S/C24H27N3O3/c28-22(25-12-10-15-13-26-18-8-4-3-7-17(15)18)20-19-9-11-24(30-19)14-27(23(29)21(20)24)16-5-1-2-6-16/h3-4,7-9,11,13,16,19-21,26H,1-2,5-6,10,12,14H2,(H,25,28)/t19?,20?,21?,24-/m0/s1. The summed E-state index contributed by atoms with van der Waals surface area (Å²) < 4.78 is 6.25. The molecule has 3 unspecified atom stereocenters. The summed E-state index contributed by atoms with van der Waals surface area (Å²) in [5.41, 5.74) is 1.70. The van der Waals surface area contributed by atoms with Gasteiger partial charge in [-0.2, -0.15) is 0 Å². The Bertz CT molecular complexity index is 1040. The van der Waals surface area contributed by atoms with E-state index in [0.29, 0.717) is 19.1 Å². The Morgan fingerprint density at radius 1 is 1.27 bits per heavy atom. The van der Waals surface area contributed by atoms with Gasteiger partial charge in [-0.1, -0.05) is 43.2 Å². The lowest BCUT2D eigenvalue weighted by molar-refractivity contribution is -0.138. The first-order valence-electron chi connectivity index (χ1n) is 11.2. The van der Waals surface area contributed by atoms with E-state index in [0.717, 1.165) is 24.8 Å². The molecule has 1 aromatic carbocycles. The number of aromatic nitrogens is 1. The van der Waals surface area contributed by atoms with Gasteiger partial charge in [-0.05, 0) is 30.9 Å². The Labute approximate surface area is 175 Å². The molecular weight excluding hydrogens is 378 g/mol. The van der Waals surface area contributed by atoms with Crippen molar-refractivity contribution in [1.82, 2.24) is 15.2 Å². The fraction of sp³-hybridized carbons (Fsp3) is 0.500. The zero-order valence-corrected chi connectivity index (χ0v) is 17.0. The highest BCUT2D eigenvalue weighted by Crippen LogP contribution is 2.53. The minimum Gasteiger partial charge on any atom is -0.361 e. The summed E-state index contributed by atoms with van der Waals surface area (Å²) in [4.78, 5) is 31.7. The van der Waals surface area contributed by atoms with Crippen molar-refractivity contribution in [3.8, 4) is 0 Å². The number of benzene rings is 1. The topological polar surface area (TPSA) is 74.4 Å². The maximum atomic E-state index is 13.3. The SMILES string of the molecule is O=C(NCCc1c[nH]c2ccccc12)C1C2C=C[C@@]3(CN(C4CCCC4)C(=O)C13)O2. The Hall–Kier alpha value is -2.60. The van der Waals surface area contributed by atoms with Crippen molar-refractivity contribution < 1.29 is 14.3 Å². The first-order chi connectivity index (χ1) is 14.7. The fourth-order valence-electron chi connectivity index (χ4n) is 6.13. The van der Waals surface area contributed by atoms with Crippen LogP contribution in [-0.4, -0.2) is 52.5 Å². The van der Waals surface area contributed by atoms with Gasteiger partial charge < -0.3 is 19.9 Å². The number of likely N-dealkylation sites (tertiary alicyclic amines) is 1. The largest absolute Gasteiger partial charge is 0.361 e. The lowest BCUT2D eigenvalue weighted by Gasteiger charge is -2.27. The number of ether oxygens (including phenoxy) is 1. The number of fused-ring (bicyclic) bond motifs is 2. The van der Waals surface area contributed by atoms with Crippen LogP contribution < -0.4 is 5.32 Å². The number of rotatable bonds is 5. The van der Waals surface area contributed by atoms with Crippen LogP contribution in [0.5, 0.6) is 0 Å². The maximum absolute atomic E-state index is 13.3. The van der Waals surface area contributed by atoms with Crippen LogP contribution in [0.1, 0.15) is 31.2 Å². The predicted molar refractivity (Wildman–Crippen MR) is 113 cm³/mol.